The van der Waals surface area contributed by atoms with E-state index in [1.165, 1.54) is 0 Å². The summed E-state index contributed by atoms with van der Waals surface area (Å²) in [5.74, 6) is 0.111. The molecule has 3 heteroatoms. The maximum absolute atomic E-state index is 12.4. The number of benzene rings is 2. The second-order valence-electron chi connectivity index (χ2n) is 4.77. The molecule has 3 rings (SSSR count). The summed E-state index contributed by atoms with van der Waals surface area (Å²) in [4.78, 5) is 14.1. The third-order valence-corrected chi connectivity index (χ3v) is 3.55. The molecule has 1 N–H and O–H groups in total. The highest BCUT2D eigenvalue weighted by Crippen LogP contribution is 2.30. The van der Waals surface area contributed by atoms with E-state index in [1.54, 1.807) is 4.90 Å². The van der Waals surface area contributed by atoms with Crippen molar-refractivity contribution in [1.82, 2.24) is 10.2 Å². The summed E-state index contributed by atoms with van der Waals surface area (Å²) < 4.78 is 0. The van der Waals surface area contributed by atoms with Gasteiger partial charge in [0.15, 0.2) is 0 Å². The van der Waals surface area contributed by atoms with Gasteiger partial charge >= 0.3 is 0 Å². The minimum atomic E-state index is -0.253. The van der Waals surface area contributed by atoms with Gasteiger partial charge in [-0.15, -0.1) is 0 Å². The fourth-order valence-corrected chi connectivity index (χ4v) is 2.51. The minimum Gasteiger partial charge on any atom is -0.324 e. The number of carbonyl (C=O) groups excluding carboxylic acids is 1. The van der Waals surface area contributed by atoms with Crippen molar-refractivity contribution in [3.05, 3.63) is 71.8 Å². The van der Waals surface area contributed by atoms with E-state index in [1.807, 2.05) is 67.7 Å². The van der Waals surface area contributed by atoms with Crippen molar-refractivity contribution < 1.29 is 4.79 Å². The van der Waals surface area contributed by atoms with Crippen LogP contribution in [0, 0.1) is 0 Å². The summed E-state index contributed by atoms with van der Waals surface area (Å²) in [6.07, 6.45) is -0.0566. The highest BCUT2D eigenvalue weighted by molar-refractivity contribution is 5.85. The molecule has 0 radical (unpaired) electrons. The second-order valence-corrected chi connectivity index (χ2v) is 4.77. The number of hydrogen-bond donors (Lipinski definition) is 1. The van der Waals surface area contributed by atoms with E-state index >= 15 is 0 Å². The molecule has 0 spiro atoms. The van der Waals surface area contributed by atoms with E-state index in [9.17, 15) is 4.79 Å². The topological polar surface area (TPSA) is 32.3 Å². The average Bonchev–Trinajstić information content (AvgIpc) is 2.77. The maximum Gasteiger partial charge on any atom is 0.245 e. The molecule has 1 heterocycles. The highest BCUT2D eigenvalue weighted by atomic mass is 16.2. The summed E-state index contributed by atoms with van der Waals surface area (Å²) in [6.45, 7) is 0. The van der Waals surface area contributed by atoms with Crippen LogP contribution < -0.4 is 5.32 Å². The molecular formula is C16H16N2O. The first kappa shape index (κ1) is 11.9. The van der Waals surface area contributed by atoms with Gasteiger partial charge in [0.05, 0.1) is 0 Å². The van der Waals surface area contributed by atoms with Crippen LogP contribution in [0.5, 0.6) is 0 Å². The number of hydrogen-bond acceptors (Lipinski definition) is 2. The van der Waals surface area contributed by atoms with Gasteiger partial charge in [-0.25, -0.2) is 0 Å². The quantitative estimate of drug-likeness (QED) is 0.890. The Morgan fingerprint density at radius 2 is 1.42 bits per heavy atom. The van der Waals surface area contributed by atoms with Crippen LogP contribution in [0.15, 0.2) is 60.7 Å². The maximum atomic E-state index is 12.4. The Morgan fingerprint density at radius 1 is 0.895 bits per heavy atom. The smallest absolute Gasteiger partial charge is 0.245 e. The molecule has 0 unspecified atom stereocenters. The number of amides is 1. The van der Waals surface area contributed by atoms with Gasteiger partial charge in [-0.1, -0.05) is 60.7 Å². The first-order chi connectivity index (χ1) is 9.27. The predicted molar refractivity (Wildman–Crippen MR) is 74.3 cm³/mol. The molecule has 2 aromatic rings. The first-order valence-electron chi connectivity index (χ1n) is 6.40. The predicted octanol–water partition coefficient (Wildman–Crippen LogP) is 2.49. The number of nitrogens with one attached hydrogen (secondary N) is 1. The summed E-state index contributed by atoms with van der Waals surface area (Å²) in [5, 5.41) is 3.40. The minimum absolute atomic E-state index is 0.0566. The third kappa shape index (κ3) is 2.13. The van der Waals surface area contributed by atoms with Crippen molar-refractivity contribution in [2.24, 2.45) is 0 Å². The third-order valence-electron chi connectivity index (χ3n) is 3.55. The lowest BCUT2D eigenvalue weighted by atomic mass is 10.1. The van der Waals surface area contributed by atoms with Crippen LogP contribution >= 0.6 is 0 Å². The van der Waals surface area contributed by atoms with E-state index in [0.29, 0.717) is 0 Å². The van der Waals surface area contributed by atoms with Crippen molar-refractivity contribution in [1.29, 1.82) is 0 Å². The zero-order chi connectivity index (χ0) is 13.2. The lowest BCUT2D eigenvalue weighted by Gasteiger charge is -2.19. The molecule has 0 aliphatic carbocycles. The van der Waals surface area contributed by atoms with E-state index < -0.39 is 0 Å². The molecule has 96 valence electrons. The summed E-state index contributed by atoms with van der Waals surface area (Å²) in [5.41, 5.74) is 2.12. The van der Waals surface area contributed by atoms with Crippen molar-refractivity contribution in [3.8, 4) is 0 Å². The Labute approximate surface area is 112 Å². The fraction of sp³-hybridized carbons (Fsp3) is 0.188. The van der Waals surface area contributed by atoms with Crippen molar-refractivity contribution >= 4 is 5.91 Å². The van der Waals surface area contributed by atoms with Crippen LogP contribution in [-0.2, 0) is 4.79 Å². The Kier molecular flexibility index (Phi) is 3.05. The fourth-order valence-electron chi connectivity index (χ4n) is 2.51. The van der Waals surface area contributed by atoms with Gasteiger partial charge in [0.1, 0.15) is 12.2 Å². The van der Waals surface area contributed by atoms with Crippen molar-refractivity contribution in [3.63, 3.8) is 0 Å². The molecule has 0 saturated carbocycles. The lowest BCUT2D eigenvalue weighted by molar-refractivity contribution is -0.128. The monoisotopic (exact) mass is 252 g/mol. The Hall–Kier alpha value is -2.13. The van der Waals surface area contributed by atoms with E-state index in [2.05, 4.69) is 5.32 Å². The van der Waals surface area contributed by atoms with Crippen molar-refractivity contribution in [2.75, 3.05) is 7.05 Å². The van der Waals surface area contributed by atoms with Crippen LogP contribution in [0.25, 0.3) is 0 Å². The summed E-state index contributed by atoms with van der Waals surface area (Å²) in [7, 11) is 1.84. The number of nitrogens with zero attached hydrogens (tertiary/aromatic N) is 1. The van der Waals surface area contributed by atoms with Gasteiger partial charge in [0, 0.05) is 7.05 Å². The zero-order valence-corrected chi connectivity index (χ0v) is 10.8. The summed E-state index contributed by atoms with van der Waals surface area (Å²) >= 11 is 0. The number of rotatable bonds is 2. The van der Waals surface area contributed by atoms with E-state index in [-0.39, 0.29) is 18.1 Å². The standard InChI is InChI=1S/C16H16N2O/c1-18-15(13-10-6-3-7-11-13)17-14(16(18)19)12-8-4-2-5-9-12/h2-11,14-15,17H,1H3/t14-,15-/m1/s1. The van der Waals surface area contributed by atoms with Crippen LogP contribution in [0.1, 0.15) is 23.3 Å². The lowest BCUT2D eigenvalue weighted by Crippen LogP contribution is -2.25. The van der Waals surface area contributed by atoms with E-state index in [0.717, 1.165) is 11.1 Å². The number of carbonyl (C=O) groups is 1. The van der Waals surface area contributed by atoms with Gasteiger partial charge in [-0.3, -0.25) is 10.1 Å². The molecule has 0 bridgehead atoms. The molecule has 0 aromatic heterocycles. The molecule has 1 fully saturated rings. The van der Waals surface area contributed by atoms with Gasteiger partial charge in [0.25, 0.3) is 0 Å². The number of likely N-dealkylation sites (N-methyl/N-ethyl adjacent to an activating group) is 1. The van der Waals surface area contributed by atoms with Gasteiger partial charge < -0.3 is 4.90 Å². The highest BCUT2D eigenvalue weighted by Gasteiger charge is 2.37. The van der Waals surface area contributed by atoms with Crippen LogP contribution in [-0.4, -0.2) is 17.9 Å². The van der Waals surface area contributed by atoms with Gasteiger partial charge in [-0.05, 0) is 11.1 Å². The largest absolute Gasteiger partial charge is 0.324 e. The van der Waals surface area contributed by atoms with Crippen molar-refractivity contribution in [2.45, 2.75) is 12.2 Å². The Bertz CT molecular complexity index is 568. The first-order valence-corrected chi connectivity index (χ1v) is 6.40. The normalized spacial score (nSPS) is 22.8. The van der Waals surface area contributed by atoms with Gasteiger partial charge in [0.2, 0.25) is 5.91 Å². The summed E-state index contributed by atoms with van der Waals surface area (Å²) in [6, 6.07) is 19.6. The van der Waals surface area contributed by atoms with Crippen LogP contribution in [0.3, 0.4) is 0 Å². The SMILES string of the molecule is CN1C(=O)[C@@H](c2ccccc2)N[C@H]1c1ccccc1. The molecule has 19 heavy (non-hydrogen) atoms. The van der Waals surface area contributed by atoms with E-state index in [4.69, 9.17) is 0 Å². The Balaban J connectivity index is 1.90. The average molecular weight is 252 g/mol. The molecule has 2 atom stereocenters. The molecule has 1 amide bonds. The zero-order valence-electron chi connectivity index (χ0n) is 10.8. The molecule has 3 nitrogen and oxygen atoms in total. The molecule has 1 saturated heterocycles. The molecular weight excluding hydrogens is 236 g/mol. The van der Waals surface area contributed by atoms with Gasteiger partial charge in [-0.2, -0.15) is 0 Å². The Morgan fingerprint density at radius 3 is 2.00 bits per heavy atom. The molecule has 2 aromatic carbocycles. The van der Waals surface area contributed by atoms with Crippen LogP contribution in [0.2, 0.25) is 0 Å². The van der Waals surface area contributed by atoms with Crippen LogP contribution in [0.4, 0.5) is 0 Å². The molecule has 1 aliphatic rings. The second kappa shape index (κ2) is 4.86. The molecule has 1 aliphatic heterocycles.